The van der Waals surface area contributed by atoms with Gasteiger partial charge in [-0.1, -0.05) is 17.7 Å². The summed E-state index contributed by atoms with van der Waals surface area (Å²) >= 11 is 5.84. The Bertz CT molecular complexity index is 317. The standard InChI is InChI=1S/C9H11ClFNO/c1-5-2-3-6(11)8(9(5)10)7(12)4-13/h2-3,7,13H,4,12H2,1H3/t7-/m1/s1. The van der Waals surface area contributed by atoms with Crippen LogP contribution in [0.1, 0.15) is 17.2 Å². The van der Waals surface area contributed by atoms with Gasteiger partial charge in [-0.3, -0.25) is 0 Å². The van der Waals surface area contributed by atoms with Gasteiger partial charge >= 0.3 is 0 Å². The van der Waals surface area contributed by atoms with Gasteiger partial charge < -0.3 is 10.8 Å². The molecule has 0 fully saturated rings. The van der Waals surface area contributed by atoms with Crippen LogP contribution in [0.2, 0.25) is 5.02 Å². The normalized spacial score (nSPS) is 13.0. The second kappa shape index (κ2) is 4.05. The van der Waals surface area contributed by atoms with Crippen molar-refractivity contribution in [2.75, 3.05) is 6.61 Å². The third-order valence-corrected chi connectivity index (χ3v) is 2.39. The zero-order valence-corrected chi connectivity index (χ0v) is 7.98. The van der Waals surface area contributed by atoms with E-state index in [1.807, 2.05) is 0 Å². The zero-order valence-electron chi connectivity index (χ0n) is 7.22. The second-order valence-corrected chi connectivity index (χ2v) is 3.26. The molecule has 0 radical (unpaired) electrons. The van der Waals surface area contributed by atoms with Crippen LogP contribution >= 0.6 is 11.6 Å². The first kappa shape index (κ1) is 10.4. The van der Waals surface area contributed by atoms with E-state index in [-0.39, 0.29) is 12.2 Å². The minimum absolute atomic E-state index is 0.184. The zero-order chi connectivity index (χ0) is 10.0. The fourth-order valence-electron chi connectivity index (χ4n) is 1.11. The highest BCUT2D eigenvalue weighted by Crippen LogP contribution is 2.27. The maximum Gasteiger partial charge on any atom is 0.129 e. The number of aliphatic hydroxyl groups excluding tert-OH is 1. The Morgan fingerprint density at radius 2 is 2.23 bits per heavy atom. The summed E-state index contributed by atoms with van der Waals surface area (Å²) < 4.78 is 13.2. The maximum atomic E-state index is 13.2. The molecule has 0 unspecified atom stereocenters. The lowest BCUT2D eigenvalue weighted by atomic mass is 10.0. The lowest BCUT2D eigenvalue weighted by Gasteiger charge is -2.13. The molecule has 0 amide bonds. The fourth-order valence-corrected chi connectivity index (χ4v) is 1.40. The molecule has 0 saturated carbocycles. The van der Waals surface area contributed by atoms with Crippen molar-refractivity contribution in [3.8, 4) is 0 Å². The second-order valence-electron chi connectivity index (χ2n) is 2.88. The molecule has 0 bridgehead atoms. The Balaban J connectivity index is 3.25. The molecule has 0 aromatic heterocycles. The third kappa shape index (κ3) is 1.99. The minimum Gasteiger partial charge on any atom is -0.394 e. The van der Waals surface area contributed by atoms with Crippen LogP contribution in [0.15, 0.2) is 12.1 Å². The van der Waals surface area contributed by atoms with Crippen molar-refractivity contribution in [3.05, 3.63) is 34.1 Å². The van der Waals surface area contributed by atoms with Gasteiger partial charge in [-0.15, -0.1) is 0 Å². The SMILES string of the molecule is Cc1ccc(F)c([C@H](N)CO)c1Cl. The summed E-state index contributed by atoms with van der Waals surface area (Å²) in [6, 6.07) is 2.12. The van der Waals surface area contributed by atoms with Gasteiger partial charge in [-0.05, 0) is 18.6 Å². The van der Waals surface area contributed by atoms with E-state index in [0.717, 1.165) is 5.56 Å². The molecular formula is C9H11ClFNO. The van der Waals surface area contributed by atoms with Crippen molar-refractivity contribution < 1.29 is 9.50 Å². The van der Waals surface area contributed by atoms with Crippen molar-refractivity contribution in [1.29, 1.82) is 0 Å². The van der Waals surface area contributed by atoms with Gasteiger partial charge in [-0.25, -0.2) is 4.39 Å². The summed E-state index contributed by atoms with van der Waals surface area (Å²) in [6.45, 7) is 1.44. The summed E-state index contributed by atoms with van der Waals surface area (Å²) in [6.07, 6.45) is 0. The molecule has 0 saturated heterocycles. The summed E-state index contributed by atoms with van der Waals surface area (Å²) in [4.78, 5) is 0. The first-order chi connectivity index (χ1) is 6.07. The van der Waals surface area contributed by atoms with E-state index in [0.29, 0.717) is 5.02 Å². The maximum absolute atomic E-state index is 13.2. The Morgan fingerprint density at radius 3 is 2.77 bits per heavy atom. The smallest absolute Gasteiger partial charge is 0.129 e. The largest absolute Gasteiger partial charge is 0.394 e. The number of nitrogens with two attached hydrogens (primary N) is 1. The molecule has 3 N–H and O–H groups in total. The molecular weight excluding hydrogens is 193 g/mol. The van der Waals surface area contributed by atoms with Crippen molar-refractivity contribution >= 4 is 11.6 Å². The number of hydrogen-bond acceptors (Lipinski definition) is 2. The van der Waals surface area contributed by atoms with Crippen LogP contribution in [0.3, 0.4) is 0 Å². The van der Waals surface area contributed by atoms with Gasteiger partial charge in [0, 0.05) is 5.56 Å². The van der Waals surface area contributed by atoms with Gasteiger partial charge in [0.25, 0.3) is 0 Å². The lowest BCUT2D eigenvalue weighted by molar-refractivity contribution is 0.265. The van der Waals surface area contributed by atoms with Crippen LogP contribution < -0.4 is 5.73 Å². The van der Waals surface area contributed by atoms with Gasteiger partial charge in [-0.2, -0.15) is 0 Å². The first-order valence-electron chi connectivity index (χ1n) is 3.89. The van der Waals surface area contributed by atoms with Crippen LogP contribution in [0, 0.1) is 12.7 Å². The predicted octanol–water partition coefficient (Wildman–Crippen LogP) is 1.78. The molecule has 2 nitrogen and oxygen atoms in total. The first-order valence-corrected chi connectivity index (χ1v) is 4.26. The highest BCUT2D eigenvalue weighted by atomic mass is 35.5. The van der Waals surface area contributed by atoms with E-state index in [9.17, 15) is 4.39 Å². The van der Waals surface area contributed by atoms with Crippen molar-refractivity contribution in [2.45, 2.75) is 13.0 Å². The molecule has 1 aromatic carbocycles. The van der Waals surface area contributed by atoms with Crippen LogP contribution in [0.25, 0.3) is 0 Å². The van der Waals surface area contributed by atoms with Gasteiger partial charge in [0.1, 0.15) is 5.82 Å². The molecule has 1 rings (SSSR count). The Hall–Kier alpha value is -0.640. The van der Waals surface area contributed by atoms with Gasteiger partial charge in [0.05, 0.1) is 17.7 Å². The van der Waals surface area contributed by atoms with E-state index in [1.54, 1.807) is 13.0 Å². The number of aliphatic hydroxyl groups is 1. The summed E-state index contributed by atoms with van der Waals surface area (Å²) in [7, 11) is 0. The summed E-state index contributed by atoms with van der Waals surface area (Å²) in [5.74, 6) is -0.475. The molecule has 1 atom stereocenters. The summed E-state index contributed by atoms with van der Waals surface area (Å²) in [5.41, 5.74) is 6.43. The molecule has 0 aliphatic carbocycles. The van der Waals surface area contributed by atoms with Crippen LogP contribution in [-0.4, -0.2) is 11.7 Å². The Morgan fingerprint density at radius 1 is 1.62 bits per heavy atom. The minimum atomic E-state index is -0.757. The summed E-state index contributed by atoms with van der Waals surface area (Å²) in [5, 5.41) is 9.07. The molecule has 0 heterocycles. The van der Waals surface area contributed by atoms with E-state index in [4.69, 9.17) is 22.4 Å². The number of rotatable bonds is 2. The Labute approximate surface area is 81.1 Å². The van der Waals surface area contributed by atoms with Crippen molar-refractivity contribution in [2.24, 2.45) is 5.73 Å². The molecule has 0 spiro atoms. The molecule has 13 heavy (non-hydrogen) atoms. The van der Waals surface area contributed by atoms with Crippen LogP contribution in [0.4, 0.5) is 4.39 Å². The van der Waals surface area contributed by atoms with E-state index >= 15 is 0 Å². The molecule has 0 aliphatic rings. The van der Waals surface area contributed by atoms with E-state index < -0.39 is 11.9 Å². The van der Waals surface area contributed by atoms with E-state index in [1.165, 1.54) is 6.07 Å². The van der Waals surface area contributed by atoms with Gasteiger partial charge in [0.15, 0.2) is 0 Å². The number of benzene rings is 1. The molecule has 0 aliphatic heterocycles. The van der Waals surface area contributed by atoms with Gasteiger partial charge in [0.2, 0.25) is 0 Å². The quantitative estimate of drug-likeness (QED) is 0.770. The highest BCUT2D eigenvalue weighted by molar-refractivity contribution is 6.32. The van der Waals surface area contributed by atoms with E-state index in [2.05, 4.69) is 0 Å². The fraction of sp³-hybridized carbons (Fsp3) is 0.333. The molecule has 4 heteroatoms. The molecule has 1 aromatic rings. The van der Waals surface area contributed by atoms with Crippen LogP contribution in [-0.2, 0) is 0 Å². The van der Waals surface area contributed by atoms with Crippen LogP contribution in [0.5, 0.6) is 0 Å². The number of aryl methyl sites for hydroxylation is 1. The topological polar surface area (TPSA) is 46.2 Å². The predicted molar refractivity (Wildman–Crippen MR) is 50.2 cm³/mol. The Kier molecular flexibility index (Phi) is 3.25. The molecule has 72 valence electrons. The average molecular weight is 204 g/mol. The number of hydrogen-bond donors (Lipinski definition) is 2. The monoisotopic (exact) mass is 203 g/mol. The lowest BCUT2D eigenvalue weighted by Crippen LogP contribution is -2.17. The number of halogens is 2. The van der Waals surface area contributed by atoms with Crippen molar-refractivity contribution in [3.63, 3.8) is 0 Å². The van der Waals surface area contributed by atoms with Crippen molar-refractivity contribution in [1.82, 2.24) is 0 Å². The third-order valence-electron chi connectivity index (χ3n) is 1.89. The highest BCUT2D eigenvalue weighted by Gasteiger charge is 2.15. The average Bonchev–Trinajstić information content (AvgIpc) is 2.12.